The summed E-state index contributed by atoms with van der Waals surface area (Å²) in [5.41, 5.74) is 2.99. The molecule has 1 heterocycles. The molecule has 38 heavy (non-hydrogen) atoms. The van der Waals surface area contributed by atoms with Crippen molar-refractivity contribution < 1.29 is 23.4 Å². The summed E-state index contributed by atoms with van der Waals surface area (Å²) in [6.45, 7) is 3.38. The minimum atomic E-state index is -0.440. The number of hydrogen-bond donors (Lipinski definition) is 1. The van der Waals surface area contributed by atoms with Gasteiger partial charge in [-0.2, -0.15) is 0 Å². The number of esters is 1. The average molecular weight is 515 g/mol. The van der Waals surface area contributed by atoms with E-state index in [4.69, 9.17) is 9.47 Å². The van der Waals surface area contributed by atoms with E-state index < -0.39 is 5.97 Å². The van der Waals surface area contributed by atoms with Crippen LogP contribution in [0.2, 0.25) is 0 Å². The molecule has 0 radical (unpaired) electrons. The molecule has 1 aliphatic heterocycles. The molecule has 1 aliphatic rings. The molecule has 1 unspecified atom stereocenters. The van der Waals surface area contributed by atoms with Crippen LogP contribution in [0.5, 0.6) is 11.5 Å². The molecule has 5 rings (SSSR count). The maximum Gasteiger partial charge on any atom is 0.343 e. The Labute approximate surface area is 221 Å². The van der Waals surface area contributed by atoms with E-state index >= 15 is 0 Å². The Morgan fingerprint density at radius 1 is 1.08 bits per heavy atom. The first-order valence-corrected chi connectivity index (χ1v) is 12.8. The number of ether oxygens (including phenoxy) is 3. The third-order valence-electron chi connectivity index (χ3n) is 6.83. The van der Waals surface area contributed by atoms with Gasteiger partial charge in [0.15, 0.2) is 6.61 Å². The summed E-state index contributed by atoms with van der Waals surface area (Å²) in [4.78, 5) is 13.5. The number of carbonyl (C=O) groups excluding carboxylic acids is 1. The Hall–Kier alpha value is -4.10. The normalized spacial score (nSPS) is 15.4. The highest BCUT2D eigenvalue weighted by Crippen LogP contribution is 2.39. The first-order chi connectivity index (χ1) is 18.5. The second kappa shape index (κ2) is 11.5. The Kier molecular flexibility index (Phi) is 7.75. The van der Waals surface area contributed by atoms with Gasteiger partial charge in [-0.25, -0.2) is 9.18 Å². The van der Waals surface area contributed by atoms with Crippen LogP contribution in [0.15, 0.2) is 84.9 Å². The minimum absolute atomic E-state index is 0.133. The summed E-state index contributed by atoms with van der Waals surface area (Å²) in [7, 11) is 1.32. The van der Waals surface area contributed by atoms with Gasteiger partial charge in [0.2, 0.25) is 0 Å². The van der Waals surface area contributed by atoms with Gasteiger partial charge in [0.25, 0.3) is 0 Å². The van der Waals surface area contributed by atoms with Gasteiger partial charge in [-0.3, -0.25) is 0 Å². The van der Waals surface area contributed by atoms with E-state index in [1.165, 1.54) is 35.6 Å². The molecule has 4 aromatic rings. The van der Waals surface area contributed by atoms with Crippen molar-refractivity contribution in [2.24, 2.45) is 0 Å². The number of carbonyl (C=O) groups is 1. The van der Waals surface area contributed by atoms with E-state index in [9.17, 15) is 9.18 Å². The number of nitrogens with one attached hydrogen (secondary N) is 1. The van der Waals surface area contributed by atoms with Gasteiger partial charge < -0.3 is 24.4 Å². The van der Waals surface area contributed by atoms with Crippen molar-refractivity contribution in [3.63, 3.8) is 0 Å². The second-order valence-electron chi connectivity index (χ2n) is 9.35. The molecular formula is C31H31FN2O4. The smallest absolute Gasteiger partial charge is 0.343 e. The maximum atomic E-state index is 14.1. The summed E-state index contributed by atoms with van der Waals surface area (Å²) in [5, 5.41) is 6.11. The number of halogens is 1. The van der Waals surface area contributed by atoms with Crippen molar-refractivity contribution in [2.45, 2.75) is 25.5 Å². The summed E-state index contributed by atoms with van der Waals surface area (Å²) in [6, 6.07) is 27.0. The van der Waals surface area contributed by atoms with Crippen molar-refractivity contribution in [3.8, 4) is 11.5 Å². The molecule has 4 aromatic carbocycles. The van der Waals surface area contributed by atoms with Crippen LogP contribution in [0.25, 0.3) is 10.8 Å². The summed E-state index contributed by atoms with van der Waals surface area (Å²) in [5.74, 6) is 0.312. The molecule has 1 N–H and O–H groups in total. The van der Waals surface area contributed by atoms with Gasteiger partial charge in [0.1, 0.15) is 23.4 Å². The average Bonchev–Trinajstić information content (AvgIpc) is 2.95. The topological polar surface area (TPSA) is 60.0 Å². The molecular weight excluding hydrogens is 483 g/mol. The lowest BCUT2D eigenvalue weighted by atomic mass is 9.99. The largest absolute Gasteiger partial charge is 0.486 e. The molecule has 196 valence electrons. The van der Waals surface area contributed by atoms with E-state index in [1.54, 1.807) is 18.2 Å². The van der Waals surface area contributed by atoms with E-state index in [0.717, 1.165) is 24.3 Å². The zero-order chi connectivity index (χ0) is 26.5. The number of rotatable bonds is 9. The first-order valence-electron chi connectivity index (χ1n) is 12.8. The van der Waals surface area contributed by atoms with Crippen LogP contribution in [0.3, 0.4) is 0 Å². The molecule has 0 bridgehead atoms. The highest BCUT2D eigenvalue weighted by Gasteiger charge is 2.27. The number of fused-ring (bicyclic) bond motifs is 2. The quantitative estimate of drug-likeness (QED) is 0.270. The lowest BCUT2D eigenvalue weighted by molar-refractivity contribution is -0.142. The third-order valence-corrected chi connectivity index (χ3v) is 6.83. The first kappa shape index (κ1) is 25.5. The Morgan fingerprint density at radius 3 is 2.68 bits per heavy atom. The zero-order valence-corrected chi connectivity index (χ0v) is 21.5. The van der Waals surface area contributed by atoms with Crippen molar-refractivity contribution in [3.05, 3.63) is 96.3 Å². The Bertz CT molecular complexity index is 1400. The zero-order valence-electron chi connectivity index (χ0n) is 21.5. The van der Waals surface area contributed by atoms with Gasteiger partial charge in [-0.1, -0.05) is 42.5 Å². The van der Waals surface area contributed by atoms with Gasteiger partial charge in [0, 0.05) is 17.8 Å². The minimum Gasteiger partial charge on any atom is -0.486 e. The van der Waals surface area contributed by atoms with Crippen molar-refractivity contribution in [2.75, 3.05) is 31.7 Å². The number of anilines is 2. The van der Waals surface area contributed by atoms with Crippen LogP contribution in [0.1, 0.15) is 24.9 Å². The number of benzene rings is 4. The van der Waals surface area contributed by atoms with Crippen LogP contribution in [0, 0.1) is 5.82 Å². The second-order valence-corrected chi connectivity index (χ2v) is 9.35. The summed E-state index contributed by atoms with van der Waals surface area (Å²) in [6.07, 6.45) is 0.619. The number of hydrogen-bond acceptors (Lipinski definition) is 6. The van der Waals surface area contributed by atoms with E-state index in [0.29, 0.717) is 18.0 Å². The molecule has 6 nitrogen and oxygen atoms in total. The van der Waals surface area contributed by atoms with Gasteiger partial charge in [-0.05, 0) is 72.6 Å². The Morgan fingerprint density at radius 2 is 1.87 bits per heavy atom. The molecule has 0 aromatic heterocycles. The number of nitrogens with zero attached hydrogens (tertiary/aromatic N) is 1. The maximum absolute atomic E-state index is 14.1. The molecule has 0 saturated heterocycles. The highest BCUT2D eigenvalue weighted by atomic mass is 19.1. The van der Waals surface area contributed by atoms with Crippen LogP contribution in [-0.4, -0.2) is 38.9 Å². The van der Waals surface area contributed by atoms with E-state index in [2.05, 4.69) is 64.3 Å². The molecule has 7 heteroatoms. The van der Waals surface area contributed by atoms with Crippen LogP contribution < -0.4 is 19.7 Å². The summed E-state index contributed by atoms with van der Waals surface area (Å²) < 4.78 is 30.4. The van der Waals surface area contributed by atoms with Crippen molar-refractivity contribution >= 4 is 28.1 Å². The summed E-state index contributed by atoms with van der Waals surface area (Å²) >= 11 is 0. The van der Waals surface area contributed by atoms with Crippen molar-refractivity contribution in [1.82, 2.24) is 5.32 Å². The lowest BCUT2D eigenvalue weighted by Gasteiger charge is -2.36. The number of methoxy groups -OCH3 is 1. The fourth-order valence-electron chi connectivity index (χ4n) is 4.84. The van der Waals surface area contributed by atoms with E-state index in [1.807, 2.05) is 12.1 Å². The third kappa shape index (κ3) is 5.73. The highest BCUT2D eigenvalue weighted by molar-refractivity contribution is 5.86. The predicted octanol–water partition coefficient (Wildman–Crippen LogP) is 6.17. The monoisotopic (exact) mass is 514 g/mol. The predicted molar refractivity (Wildman–Crippen MR) is 147 cm³/mol. The van der Waals surface area contributed by atoms with Gasteiger partial charge in [-0.15, -0.1) is 0 Å². The Balaban J connectivity index is 1.27. The van der Waals surface area contributed by atoms with Crippen LogP contribution in [0.4, 0.5) is 15.8 Å². The van der Waals surface area contributed by atoms with Crippen molar-refractivity contribution in [1.29, 1.82) is 0 Å². The van der Waals surface area contributed by atoms with Crippen LogP contribution >= 0.6 is 0 Å². The fraction of sp³-hybridized carbons (Fsp3) is 0.258. The molecule has 0 aliphatic carbocycles. The van der Waals surface area contributed by atoms with Crippen LogP contribution in [-0.2, 0) is 9.53 Å². The van der Waals surface area contributed by atoms with Gasteiger partial charge in [0.05, 0.1) is 19.3 Å². The van der Waals surface area contributed by atoms with E-state index in [-0.39, 0.29) is 24.6 Å². The standard InChI is InChI=1S/C31H31FN2O4/c1-21(27-9-5-7-22-6-3-4-8-28(22)27)33-17-16-26-19-34(29-15-10-23(32)18-30(29)38-26)24-11-13-25(14-12-24)37-20-31(35)36-2/h3-15,18,21,26,33H,16-17,19-20H2,1-2H3/t21-,26?/m1/s1. The molecule has 0 amide bonds. The molecule has 0 fully saturated rings. The molecule has 0 spiro atoms. The SMILES string of the molecule is COC(=O)COc1ccc(N2CC(CCN[C@H](C)c3cccc4ccccc34)Oc3cc(F)ccc32)cc1. The molecule has 0 saturated carbocycles. The molecule has 2 atom stereocenters. The van der Waals surface area contributed by atoms with Gasteiger partial charge >= 0.3 is 5.97 Å². The fourth-order valence-corrected chi connectivity index (χ4v) is 4.84. The lowest BCUT2D eigenvalue weighted by Crippen LogP contribution is -2.39.